The fourth-order valence-electron chi connectivity index (χ4n) is 2.37. The molecule has 0 radical (unpaired) electrons. The Morgan fingerprint density at radius 3 is 2.94 bits per heavy atom. The minimum Gasteiger partial charge on any atom is -0.334 e. The lowest BCUT2D eigenvalue weighted by Crippen LogP contribution is -2.44. The van der Waals surface area contributed by atoms with Gasteiger partial charge in [-0.15, -0.1) is 11.6 Å². The molecule has 0 aromatic heterocycles. The molecule has 1 amide bonds. The molecule has 4 heteroatoms. The van der Waals surface area contributed by atoms with Crippen LogP contribution < -0.4 is 0 Å². The van der Waals surface area contributed by atoms with Crippen molar-refractivity contribution in [2.75, 3.05) is 12.4 Å². The summed E-state index contributed by atoms with van der Waals surface area (Å²) in [5.74, 6) is 0.147. The Kier molecular flexibility index (Phi) is 4.23. The fourth-order valence-corrected chi connectivity index (χ4v) is 2.69. The van der Waals surface area contributed by atoms with Crippen LogP contribution in [0.5, 0.6) is 0 Å². The van der Waals surface area contributed by atoms with E-state index < -0.39 is 0 Å². The summed E-state index contributed by atoms with van der Waals surface area (Å²) in [6.07, 6.45) is 3.08. The van der Waals surface area contributed by atoms with E-state index in [1.54, 1.807) is 19.1 Å². The molecule has 0 bridgehead atoms. The van der Waals surface area contributed by atoms with Crippen molar-refractivity contribution in [1.29, 1.82) is 0 Å². The topological polar surface area (TPSA) is 20.3 Å². The first kappa shape index (κ1) is 13.3. The van der Waals surface area contributed by atoms with Crippen molar-refractivity contribution >= 4 is 17.5 Å². The van der Waals surface area contributed by atoms with Gasteiger partial charge in [-0.25, -0.2) is 4.39 Å². The first-order valence-electron chi connectivity index (χ1n) is 6.26. The van der Waals surface area contributed by atoms with Crippen molar-refractivity contribution in [3.8, 4) is 0 Å². The van der Waals surface area contributed by atoms with Crippen LogP contribution in [0.3, 0.4) is 0 Å². The van der Waals surface area contributed by atoms with E-state index in [9.17, 15) is 9.18 Å². The summed E-state index contributed by atoms with van der Waals surface area (Å²) in [6, 6.07) is 4.61. The van der Waals surface area contributed by atoms with E-state index in [1.807, 2.05) is 4.90 Å². The zero-order valence-electron chi connectivity index (χ0n) is 10.5. The standard InChI is InChI=1S/C14H17ClFNO/c1-10-8-11(5-6-13(10)16)14(18)17-7-3-2-4-12(17)9-15/h5-6,8,12H,2-4,7,9H2,1H3. The maximum absolute atomic E-state index is 13.2. The third-order valence-corrected chi connectivity index (χ3v) is 3.83. The fraction of sp³-hybridized carbons (Fsp3) is 0.500. The molecule has 1 aliphatic heterocycles. The summed E-state index contributed by atoms with van der Waals surface area (Å²) in [5, 5.41) is 0. The molecule has 1 unspecified atom stereocenters. The number of nitrogens with zero attached hydrogens (tertiary/aromatic N) is 1. The first-order valence-corrected chi connectivity index (χ1v) is 6.80. The van der Waals surface area contributed by atoms with Crippen LogP contribution in [-0.2, 0) is 0 Å². The Hall–Kier alpha value is -1.09. The van der Waals surface area contributed by atoms with Gasteiger partial charge in [-0.05, 0) is 49.9 Å². The van der Waals surface area contributed by atoms with Gasteiger partial charge in [0.05, 0.1) is 0 Å². The molecule has 1 aromatic rings. The average molecular weight is 270 g/mol. The number of amides is 1. The summed E-state index contributed by atoms with van der Waals surface area (Å²) in [7, 11) is 0. The predicted molar refractivity (Wildman–Crippen MR) is 70.5 cm³/mol. The number of aryl methyl sites for hydroxylation is 1. The van der Waals surface area contributed by atoms with E-state index in [-0.39, 0.29) is 17.8 Å². The number of likely N-dealkylation sites (tertiary alicyclic amines) is 1. The summed E-state index contributed by atoms with van der Waals surface area (Å²) < 4.78 is 13.2. The zero-order valence-corrected chi connectivity index (χ0v) is 11.2. The SMILES string of the molecule is Cc1cc(C(=O)N2CCCCC2CCl)ccc1F. The van der Waals surface area contributed by atoms with Crippen LogP contribution in [-0.4, -0.2) is 29.3 Å². The Morgan fingerprint density at radius 2 is 2.28 bits per heavy atom. The number of rotatable bonds is 2. The van der Waals surface area contributed by atoms with E-state index in [2.05, 4.69) is 0 Å². The number of carbonyl (C=O) groups excluding carboxylic acids is 1. The molecule has 18 heavy (non-hydrogen) atoms. The molecule has 1 fully saturated rings. The van der Waals surface area contributed by atoms with Gasteiger partial charge in [-0.3, -0.25) is 4.79 Å². The van der Waals surface area contributed by atoms with E-state index in [4.69, 9.17) is 11.6 Å². The highest BCUT2D eigenvalue weighted by atomic mass is 35.5. The number of alkyl halides is 1. The van der Waals surface area contributed by atoms with E-state index in [1.165, 1.54) is 6.07 Å². The van der Waals surface area contributed by atoms with Crippen LogP contribution in [0, 0.1) is 12.7 Å². The summed E-state index contributed by atoms with van der Waals surface area (Å²) in [6.45, 7) is 2.41. The minimum absolute atomic E-state index is 0.0385. The van der Waals surface area contributed by atoms with Crippen LogP contribution >= 0.6 is 11.6 Å². The van der Waals surface area contributed by atoms with E-state index >= 15 is 0 Å². The second kappa shape index (κ2) is 5.70. The highest BCUT2D eigenvalue weighted by molar-refractivity contribution is 6.18. The molecule has 1 aliphatic rings. The molecule has 0 N–H and O–H groups in total. The van der Waals surface area contributed by atoms with Crippen molar-refractivity contribution < 1.29 is 9.18 Å². The first-order chi connectivity index (χ1) is 8.63. The number of halogens is 2. The molecule has 1 heterocycles. The second-order valence-corrected chi connectivity index (χ2v) is 5.08. The molecule has 1 atom stereocenters. The molecule has 1 saturated heterocycles. The monoisotopic (exact) mass is 269 g/mol. The minimum atomic E-state index is -0.279. The molecule has 0 aliphatic carbocycles. The predicted octanol–water partition coefficient (Wildman–Crippen LogP) is 3.37. The van der Waals surface area contributed by atoms with E-state index in [0.717, 1.165) is 25.8 Å². The van der Waals surface area contributed by atoms with Crippen LogP contribution in [0.25, 0.3) is 0 Å². The normalized spacial score (nSPS) is 19.9. The molecule has 98 valence electrons. The molecule has 2 nitrogen and oxygen atoms in total. The van der Waals surface area contributed by atoms with Gasteiger partial charge in [0.25, 0.3) is 5.91 Å². The van der Waals surface area contributed by atoms with Gasteiger partial charge in [-0.1, -0.05) is 0 Å². The van der Waals surface area contributed by atoms with Crippen LogP contribution in [0.2, 0.25) is 0 Å². The number of benzene rings is 1. The van der Waals surface area contributed by atoms with Gasteiger partial charge < -0.3 is 4.90 Å². The molecular formula is C14H17ClFNO. The quantitative estimate of drug-likeness (QED) is 0.754. The number of piperidine rings is 1. The number of carbonyl (C=O) groups is 1. The van der Waals surface area contributed by atoms with Crippen LogP contribution in [0.15, 0.2) is 18.2 Å². The lowest BCUT2D eigenvalue weighted by Gasteiger charge is -2.34. The Labute approximate surface area is 112 Å². The molecule has 0 saturated carbocycles. The molecular weight excluding hydrogens is 253 g/mol. The van der Waals surface area contributed by atoms with Crippen LogP contribution in [0.4, 0.5) is 4.39 Å². The number of hydrogen-bond donors (Lipinski definition) is 0. The highest BCUT2D eigenvalue weighted by Crippen LogP contribution is 2.21. The van der Waals surface area contributed by atoms with Crippen molar-refractivity contribution in [1.82, 2.24) is 4.90 Å². The Bertz CT molecular complexity index is 449. The summed E-state index contributed by atoms with van der Waals surface area (Å²) in [4.78, 5) is 14.2. The lowest BCUT2D eigenvalue weighted by atomic mass is 10.0. The van der Waals surface area contributed by atoms with Gasteiger partial charge in [0.15, 0.2) is 0 Å². The van der Waals surface area contributed by atoms with Gasteiger partial charge in [-0.2, -0.15) is 0 Å². The Balaban J connectivity index is 2.21. The second-order valence-electron chi connectivity index (χ2n) is 4.77. The molecule has 2 rings (SSSR count). The van der Waals surface area contributed by atoms with Gasteiger partial charge >= 0.3 is 0 Å². The van der Waals surface area contributed by atoms with Crippen molar-refractivity contribution in [3.63, 3.8) is 0 Å². The molecule has 0 spiro atoms. The third kappa shape index (κ3) is 2.66. The van der Waals surface area contributed by atoms with Gasteiger partial charge in [0, 0.05) is 24.0 Å². The van der Waals surface area contributed by atoms with Crippen LogP contribution in [0.1, 0.15) is 35.2 Å². The lowest BCUT2D eigenvalue weighted by molar-refractivity contribution is 0.0639. The summed E-state index contributed by atoms with van der Waals surface area (Å²) in [5.41, 5.74) is 1.05. The smallest absolute Gasteiger partial charge is 0.254 e. The molecule has 1 aromatic carbocycles. The van der Waals surface area contributed by atoms with Crippen molar-refractivity contribution in [2.45, 2.75) is 32.2 Å². The highest BCUT2D eigenvalue weighted by Gasteiger charge is 2.26. The van der Waals surface area contributed by atoms with E-state index in [0.29, 0.717) is 17.0 Å². The average Bonchev–Trinajstić information content (AvgIpc) is 2.41. The van der Waals surface area contributed by atoms with Crippen molar-refractivity contribution in [2.24, 2.45) is 0 Å². The largest absolute Gasteiger partial charge is 0.334 e. The van der Waals surface area contributed by atoms with Gasteiger partial charge in [0.2, 0.25) is 0 Å². The van der Waals surface area contributed by atoms with Gasteiger partial charge in [0.1, 0.15) is 5.82 Å². The number of hydrogen-bond acceptors (Lipinski definition) is 1. The maximum Gasteiger partial charge on any atom is 0.254 e. The maximum atomic E-state index is 13.2. The zero-order chi connectivity index (χ0) is 13.1. The third-order valence-electron chi connectivity index (χ3n) is 3.47. The summed E-state index contributed by atoms with van der Waals surface area (Å²) >= 11 is 5.91. The van der Waals surface area contributed by atoms with Crippen molar-refractivity contribution in [3.05, 3.63) is 35.1 Å². The Morgan fingerprint density at radius 1 is 1.50 bits per heavy atom.